The molecule has 1 rings (SSSR count). The summed E-state index contributed by atoms with van der Waals surface area (Å²) in [6.07, 6.45) is -1.57. The molecule has 0 heterocycles. The normalized spacial score (nSPS) is 13.3. The van der Waals surface area contributed by atoms with Gasteiger partial charge in [0.2, 0.25) is 35.4 Å². The number of aliphatic hydroxyl groups is 1. The summed E-state index contributed by atoms with van der Waals surface area (Å²) in [4.78, 5) is 95.3. The van der Waals surface area contributed by atoms with Gasteiger partial charge in [-0.15, -0.1) is 0 Å². The van der Waals surface area contributed by atoms with Crippen LogP contribution in [0.2, 0.25) is 0 Å². The fourth-order valence-corrected chi connectivity index (χ4v) is 3.29. The number of carboxylic acid groups (broad SMARTS) is 2. The SMILES string of the molecule is NC(=O)C[C@H](NC(=O)CNC(=O)[C@@H](N)Cc1ccccc1)C(=O)N[C@@H](CC(=O)O)C(=O)NCC(=O)N[C@@H](CO)C(=O)O. The molecule has 1 aromatic rings. The number of carbonyl (C=O) groups excluding carboxylic acids is 6. The maximum absolute atomic E-state index is 12.8. The predicted octanol–water partition coefficient (Wildman–Crippen LogP) is -5.33. The van der Waals surface area contributed by atoms with E-state index in [1.165, 1.54) is 0 Å². The number of amides is 6. The molecule has 0 saturated heterocycles. The van der Waals surface area contributed by atoms with Crippen LogP contribution in [0.25, 0.3) is 0 Å². The number of carbonyl (C=O) groups is 8. The molecule has 18 nitrogen and oxygen atoms in total. The molecule has 0 aliphatic carbocycles. The van der Waals surface area contributed by atoms with E-state index in [0.717, 1.165) is 5.56 Å². The lowest BCUT2D eigenvalue weighted by atomic mass is 10.1. The van der Waals surface area contributed by atoms with Crippen molar-refractivity contribution in [3.63, 3.8) is 0 Å². The summed E-state index contributed by atoms with van der Waals surface area (Å²) >= 11 is 0. The summed E-state index contributed by atoms with van der Waals surface area (Å²) in [5, 5.41) is 37.3. The van der Waals surface area contributed by atoms with Crippen LogP contribution >= 0.6 is 0 Å². The highest BCUT2D eigenvalue weighted by Gasteiger charge is 2.30. The van der Waals surface area contributed by atoms with Crippen LogP contribution in [-0.2, 0) is 44.8 Å². The van der Waals surface area contributed by atoms with Gasteiger partial charge in [-0.05, 0) is 12.0 Å². The van der Waals surface area contributed by atoms with E-state index in [0.29, 0.717) is 0 Å². The molecule has 0 radical (unpaired) electrons. The Labute approximate surface area is 238 Å². The largest absolute Gasteiger partial charge is 0.481 e. The first-order chi connectivity index (χ1) is 19.7. The second kappa shape index (κ2) is 17.6. The molecule has 0 spiro atoms. The Morgan fingerprint density at radius 3 is 1.74 bits per heavy atom. The molecule has 18 heteroatoms. The molecule has 0 bridgehead atoms. The molecule has 0 saturated carbocycles. The summed E-state index contributed by atoms with van der Waals surface area (Å²) < 4.78 is 0. The van der Waals surface area contributed by atoms with Gasteiger partial charge in [0.15, 0.2) is 0 Å². The fourth-order valence-electron chi connectivity index (χ4n) is 3.29. The van der Waals surface area contributed by atoms with Gasteiger partial charge >= 0.3 is 11.9 Å². The highest BCUT2D eigenvalue weighted by atomic mass is 16.4. The van der Waals surface area contributed by atoms with Gasteiger partial charge in [-0.3, -0.25) is 33.6 Å². The first kappa shape index (κ1) is 34.9. The van der Waals surface area contributed by atoms with Crippen LogP contribution in [-0.4, -0.2) is 107 Å². The smallest absolute Gasteiger partial charge is 0.328 e. The summed E-state index contributed by atoms with van der Waals surface area (Å²) in [5.74, 6) is -9.18. The van der Waals surface area contributed by atoms with Gasteiger partial charge in [0.05, 0.1) is 38.6 Å². The van der Waals surface area contributed by atoms with Crippen molar-refractivity contribution in [1.82, 2.24) is 26.6 Å². The lowest BCUT2D eigenvalue weighted by molar-refractivity contribution is -0.143. The molecular weight excluding hydrogens is 562 g/mol. The Morgan fingerprint density at radius 2 is 1.24 bits per heavy atom. The zero-order valence-electron chi connectivity index (χ0n) is 22.2. The monoisotopic (exact) mass is 595 g/mol. The molecule has 0 aliphatic rings. The van der Waals surface area contributed by atoms with Crippen molar-refractivity contribution in [2.24, 2.45) is 11.5 Å². The second-order valence-electron chi connectivity index (χ2n) is 8.82. The summed E-state index contributed by atoms with van der Waals surface area (Å²) in [6.45, 7) is -2.44. The van der Waals surface area contributed by atoms with Crippen molar-refractivity contribution in [2.45, 2.75) is 43.4 Å². The first-order valence-electron chi connectivity index (χ1n) is 12.3. The fraction of sp³-hybridized carbons (Fsp3) is 0.417. The minimum Gasteiger partial charge on any atom is -0.481 e. The zero-order valence-corrected chi connectivity index (χ0v) is 22.2. The summed E-state index contributed by atoms with van der Waals surface area (Å²) in [6, 6.07) is 2.66. The zero-order chi connectivity index (χ0) is 31.8. The third-order valence-electron chi connectivity index (χ3n) is 5.37. The average Bonchev–Trinajstić information content (AvgIpc) is 2.92. The molecule has 4 atom stereocenters. The Bertz CT molecular complexity index is 1160. The maximum atomic E-state index is 12.8. The molecule has 0 unspecified atom stereocenters. The van der Waals surface area contributed by atoms with Crippen LogP contribution in [0.4, 0.5) is 0 Å². The number of primary amides is 1. The highest BCUT2D eigenvalue weighted by molar-refractivity contribution is 5.97. The minimum atomic E-state index is -1.81. The molecule has 6 amide bonds. The third kappa shape index (κ3) is 13.3. The molecule has 1 aromatic carbocycles. The number of aliphatic hydroxyl groups excluding tert-OH is 1. The van der Waals surface area contributed by atoms with Crippen LogP contribution in [0, 0.1) is 0 Å². The second-order valence-corrected chi connectivity index (χ2v) is 8.82. The minimum absolute atomic E-state index is 0.178. The van der Waals surface area contributed by atoms with E-state index in [1.807, 2.05) is 16.0 Å². The highest BCUT2D eigenvalue weighted by Crippen LogP contribution is 2.02. The van der Waals surface area contributed by atoms with E-state index in [1.54, 1.807) is 30.3 Å². The molecular formula is C24H33N7O11. The Balaban J connectivity index is 2.78. The number of benzene rings is 1. The average molecular weight is 596 g/mol. The van der Waals surface area contributed by atoms with Crippen molar-refractivity contribution in [1.29, 1.82) is 0 Å². The molecule has 12 N–H and O–H groups in total. The molecule has 0 aliphatic heterocycles. The van der Waals surface area contributed by atoms with Crippen LogP contribution in [0.15, 0.2) is 30.3 Å². The quantitative estimate of drug-likeness (QED) is 0.0761. The van der Waals surface area contributed by atoms with Crippen molar-refractivity contribution >= 4 is 47.4 Å². The number of nitrogens with one attached hydrogen (secondary N) is 5. The molecule has 0 aromatic heterocycles. The lowest BCUT2D eigenvalue weighted by Crippen LogP contribution is -2.57. The summed E-state index contributed by atoms with van der Waals surface area (Å²) in [5.41, 5.74) is 11.8. The number of hydrogen-bond donors (Lipinski definition) is 10. The van der Waals surface area contributed by atoms with E-state index in [2.05, 4.69) is 10.6 Å². The summed E-state index contributed by atoms with van der Waals surface area (Å²) in [7, 11) is 0. The number of rotatable bonds is 18. The lowest BCUT2D eigenvalue weighted by Gasteiger charge is -2.22. The van der Waals surface area contributed by atoms with Crippen LogP contribution in [0.3, 0.4) is 0 Å². The topological polar surface area (TPSA) is 309 Å². The van der Waals surface area contributed by atoms with Crippen molar-refractivity contribution in [2.75, 3.05) is 19.7 Å². The van der Waals surface area contributed by atoms with E-state index < -0.39 is 104 Å². The number of hydrogen-bond acceptors (Lipinski definition) is 10. The van der Waals surface area contributed by atoms with E-state index in [9.17, 15) is 38.4 Å². The Hall–Kier alpha value is -5.10. The van der Waals surface area contributed by atoms with Gasteiger partial charge < -0.3 is 53.4 Å². The van der Waals surface area contributed by atoms with Gasteiger partial charge in [-0.1, -0.05) is 30.3 Å². The number of nitrogens with two attached hydrogens (primary N) is 2. The van der Waals surface area contributed by atoms with Gasteiger partial charge in [0.25, 0.3) is 0 Å². The maximum Gasteiger partial charge on any atom is 0.328 e. The Kier molecular flexibility index (Phi) is 14.6. The number of carboxylic acids is 2. The van der Waals surface area contributed by atoms with E-state index >= 15 is 0 Å². The van der Waals surface area contributed by atoms with Gasteiger partial charge in [-0.2, -0.15) is 0 Å². The van der Waals surface area contributed by atoms with E-state index in [-0.39, 0.29) is 6.42 Å². The van der Waals surface area contributed by atoms with Crippen LogP contribution in [0.5, 0.6) is 0 Å². The van der Waals surface area contributed by atoms with Crippen molar-refractivity contribution in [3.05, 3.63) is 35.9 Å². The third-order valence-corrected chi connectivity index (χ3v) is 5.37. The molecule has 0 fully saturated rings. The Morgan fingerprint density at radius 1 is 0.714 bits per heavy atom. The van der Waals surface area contributed by atoms with Crippen LogP contribution < -0.4 is 38.1 Å². The van der Waals surface area contributed by atoms with Gasteiger partial charge in [0, 0.05) is 0 Å². The van der Waals surface area contributed by atoms with Crippen molar-refractivity contribution < 1.29 is 53.7 Å². The standard InChI is InChI=1S/C24H33N7O11/c25-13(6-12-4-2-1-3-5-12)21(38)27-9-18(34)29-14(7-17(26)33)23(40)31-15(8-20(36)37)22(39)28-10-19(35)30-16(11-32)24(41)42/h1-5,13-16,32H,6-11,25H2,(H2,26,33)(H,27,38)(H,28,39)(H,29,34)(H,30,35)(H,31,40)(H,36,37)(H,41,42)/t13-,14-,15-,16-/m0/s1. The van der Waals surface area contributed by atoms with Gasteiger partial charge in [-0.25, -0.2) is 4.79 Å². The predicted molar refractivity (Wildman–Crippen MR) is 141 cm³/mol. The first-order valence-corrected chi connectivity index (χ1v) is 12.3. The van der Waals surface area contributed by atoms with Gasteiger partial charge in [0.1, 0.15) is 18.1 Å². The van der Waals surface area contributed by atoms with Crippen LogP contribution in [0.1, 0.15) is 18.4 Å². The van der Waals surface area contributed by atoms with E-state index in [4.69, 9.17) is 26.8 Å². The molecule has 42 heavy (non-hydrogen) atoms. The molecule has 230 valence electrons. The van der Waals surface area contributed by atoms with Crippen molar-refractivity contribution in [3.8, 4) is 0 Å². The number of aliphatic carboxylic acids is 2.